The van der Waals surface area contributed by atoms with E-state index in [9.17, 15) is 4.79 Å². The summed E-state index contributed by atoms with van der Waals surface area (Å²) in [5.41, 5.74) is 0.809. The number of aryl methyl sites for hydroxylation is 2. The molecule has 0 fully saturated rings. The summed E-state index contributed by atoms with van der Waals surface area (Å²) in [7, 11) is 0. The minimum absolute atomic E-state index is 0.124. The predicted molar refractivity (Wildman–Crippen MR) is 51.6 cm³/mol. The Hall–Kier alpha value is -0.840. The molecule has 0 aliphatic rings. The number of hydrogen-bond donors (Lipinski definition) is 1. The molecule has 1 aromatic heterocycles. The SMILES string of the molecule is CCn1cc(Br)c(CCC(=O)O)n1. The van der Waals surface area contributed by atoms with Crippen molar-refractivity contribution >= 4 is 21.9 Å². The van der Waals surface area contributed by atoms with Gasteiger partial charge in [-0.3, -0.25) is 9.48 Å². The fourth-order valence-corrected chi connectivity index (χ4v) is 1.51. The van der Waals surface area contributed by atoms with E-state index in [1.807, 2.05) is 13.1 Å². The Kier molecular flexibility index (Phi) is 3.48. The number of carbonyl (C=O) groups is 1. The molecule has 0 spiro atoms. The van der Waals surface area contributed by atoms with Crippen LogP contribution in [-0.4, -0.2) is 20.9 Å². The van der Waals surface area contributed by atoms with Gasteiger partial charge in [0.25, 0.3) is 0 Å². The summed E-state index contributed by atoms with van der Waals surface area (Å²) >= 11 is 3.33. The van der Waals surface area contributed by atoms with Gasteiger partial charge in [-0.1, -0.05) is 0 Å². The second kappa shape index (κ2) is 4.41. The minimum Gasteiger partial charge on any atom is -0.481 e. The highest BCUT2D eigenvalue weighted by Crippen LogP contribution is 2.16. The molecule has 0 saturated carbocycles. The highest BCUT2D eigenvalue weighted by Gasteiger charge is 2.07. The summed E-state index contributed by atoms with van der Waals surface area (Å²) in [5.74, 6) is -0.794. The van der Waals surface area contributed by atoms with Gasteiger partial charge >= 0.3 is 5.97 Å². The third kappa shape index (κ3) is 2.84. The average molecular weight is 247 g/mol. The van der Waals surface area contributed by atoms with E-state index in [2.05, 4.69) is 21.0 Å². The van der Waals surface area contributed by atoms with Crippen LogP contribution in [-0.2, 0) is 17.8 Å². The van der Waals surface area contributed by atoms with E-state index in [4.69, 9.17) is 5.11 Å². The second-order valence-corrected chi connectivity index (χ2v) is 3.53. The van der Waals surface area contributed by atoms with Gasteiger partial charge in [-0.2, -0.15) is 5.10 Å². The lowest BCUT2D eigenvalue weighted by Gasteiger charge is -1.93. The average Bonchev–Trinajstić information content (AvgIpc) is 2.43. The standard InChI is InChI=1S/C8H11BrN2O2/c1-2-11-5-6(9)7(10-11)3-4-8(12)13/h5H,2-4H2,1H3,(H,12,13). The summed E-state index contributed by atoms with van der Waals surface area (Å²) in [6.07, 6.45) is 2.46. The van der Waals surface area contributed by atoms with Crippen LogP contribution in [0, 0.1) is 0 Å². The summed E-state index contributed by atoms with van der Waals surface area (Å²) in [6.45, 7) is 2.78. The largest absolute Gasteiger partial charge is 0.481 e. The van der Waals surface area contributed by atoms with E-state index >= 15 is 0 Å². The number of carboxylic acids is 1. The first-order chi connectivity index (χ1) is 6.13. The van der Waals surface area contributed by atoms with Gasteiger partial charge < -0.3 is 5.11 Å². The molecule has 1 N–H and O–H groups in total. The molecule has 13 heavy (non-hydrogen) atoms. The first-order valence-electron chi connectivity index (χ1n) is 4.07. The first-order valence-corrected chi connectivity index (χ1v) is 4.86. The Morgan fingerprint density at radius 3 is 2.92 bits per heavy atom. The van der Waals surface area contributed by atoms with Crippen LogP contribution in [0.1, 0.15) is 19.0 Å². The van der Waals surface area contributed by atoms with Gasteiger partial charge in [-0.05, 0) is 22.9 Å². The van der Waals surface area contributed by atoms with Gasteiger partial charge in [0.1, 0.15) is 0 Å². The fraction of sp³-hybridized carbons (Fsp3) is 0.500. The zero-order valence-corrected chi connectivity index (χ0v) is 8.91. The van der Waals surface area contributed by atoms with Gasteiger partial charge in [-0.15, -0.1) is 0 Å². The molecule has 1 rings (SSSR count). The van der Waals surface area contributed by atoms with E-state index < -0.39 is 5.97 Å². The topological polar surface area (TPSA) is 55.1 Å². The maximum absolute atomic E-state index is 10.3. The summed E-state index contributed by atoms with van der Waals surface area (Å²) in [5, 5.41) is 12.7. The second-order valence-electron chi connectivity index (χ2n) is 2.67. The summed E-state index contributed by atoms with van der Waals surface area (Å²) < 4.78 is 2.66. The predicted octanol–water partition coefficient (Wildman–Crippen LogP) is 1.68. The van der Waals surface area contributed by atoms with E-state index in [-0.39, 0.29) is 6.42 Å². The number of aliphatic carboxylic acids is 1. The lowest BCUT2D eigenvalue weighted by atomic mass is 10.2. The number of carboxylic acid groups (broad SMARTS) is 1. The quantitative estimate of drug-likeness (QED) is 0.880. The van der Waals surface area contributed by atoms with Crippen molar-refractivity contribution in [2.45, 2.75) is 26.3 Å². The van der Waals surface area contributed by atoms with Crippen LogP contribution in [0.2, 0.25) is 0 Å². The highest BCUT2D eigenvalue weighted by atomic mass is 79.9. The third-order valence-corrected chi connectivity index (χ3v) is 2.35. The van der Waals surface area contributed by atoms with Crippen LogP contribution < -0.4 is 0 Å². The molecule has 0 aromatic carbocycles. The molecule has 5 heteroatoms. The van der Waals surface area contributed by atoms with Gasteiger partial charge in [0.2, 0.25) is 0 Å². The smallest absolute Gasteiger partial charge is 0.303 e. The molecule has 0 aliphatic heterocycles. The van der Waals surface area contributed by atoms with Crippen molar-refractivity contribution in [1.29, 1.82) is 0 Å². The molecular formula is C8H11BrN2O2. The number of rotatable bonds is 4. The molecular weight excluding hydrogens is 236 g/mol. The van der Waals surface area contributed by atoms with Crippen molar-refractivity contribution in [3.05, 3.63) is 16.4 Å². The lowest BCUT2D eigenvalue weighted by Crippen LogP contribution is -2.00. The molecule has 0 unspecified atom stereocenters. The van der Waals surface area contributed by atoms with Crippen molar-refractivity contribution in [3.8, 4) is 0 Å². The Labute approximate surface area is 84.7 Å². The molecule has 0 saturated heterocycles. The van der Waals surface area contributed by atoms with Crippen LogP contribution in [0.15, 0.2) is 10.7 Å². The maximum atomic E-state index is 10.3. The van der Waals surface area contributed by atoms with Crippen LogP contribution in [0.25, 0.3) is 0 Å². The van der Waals surface area contributed by atoms with Crippen molar-refractivity contribution in [3.63, 3.8) is 0 Å². The highest BCUT2D eigenvalue weighted by molar-refractivity contribution is 9.10. The van der Waals surface area contributed by atoms with Crippen molar-refractivity contribution in [2.75, 3.05) is 0 Å². The van der Waals surface area contributed by atoms with E-state index in [1.165, 1.54) is 0 Å². The normalized spacial score (nSPS) is 10.3. The van der Waals surface area contributed by atoms with Crippen LogP contribution >= 0.6 is 15.9 Å². The molecule has 0 radical (unpaired) electrons. The molecule has 1 heterocycles. The van der Waals surface area contributed by atoms with Crippen LogP contribution in [0.4, 0.5) is 0 Å². The molecule has 0 atom stereocenters. The Balaban J connectivity index is 2.65. The minimum atomic E-state index is -0.794. The van der Waals surface area contributed by atoms with E-state index in [0.717, 1.165) is 16.7 Å². The molecule has 4 nitrogen and oxygen atoms in total. The molecule has 0 aliphatic carbocycles. The first kappa shape index (κ1) is 10.2. The number of hydrogen-bond acceptors (Lipinski definition) is 2. The van der Waals surface area contributed by atoms with Gasteiger partial charge in [0.05, 0.1) is 16.6 Å². The van der Waals surface area contributed by atoms with Crippen LogP contribution in [0.5, 0.6) is 0 Å². The molecule has 72 valence electrons. The summed E-state index contributed by atoms with van der Waals surface area (Å²) in [4.78, 5) is 10.3. The lowest BCUT2D eigenvalue weighted by molar-refractivity contribution is -0.136. The molecule has 1 aromatic rings. The Morgan fingerprint density at radius 1 is 1.77 bits per heavy atom. The fourth-order valence-electron chi connectivity index (χ4n) is 0.994. The van der Waals surface area contributed by atoms with Crippen molar-refractivity contribution in [1.82, 2.24) is 9.78 Å². The monoisotopic (exact) mass is 246 g/mol. The number of halogens is 1. The zero-order valence-electron chi connectivity index (χ0n) is 7.33. The van der Waals surface area contributed by atoms with Gasteiger partial charge in [0.15, 0.2) is 0 Å². The number of nitrogens with zero attached hydrogens (tertiary/aromatic N) is 2. The number of aromatic nitrogens is 2. The maximum Gasteiger partial charge on any atom is 0.303 e. The zero-order chi connectivity index (χ0) is 9.84. The van der Waals surface area contributed by atoms with Crippen molar-refractivity contribution in [2.24, 2.45) is 0 Å². The molecule has 0 amide bonds. The van der Waals surface area contributed by atoms with Gasteiger partial charge in [-0.25, -0.2) is 0 Å². The Bertz CT molecular complexity index is 309. The summed E-state index contributed by atoms with van der Waals surface area (Å²) in [6, 6.07) is 0. The Morgan fingerprint density at radius 2 is 2.46 bits per heavy atom. The van der Waals surface area contributed by atoms with Crippen molar-refractivity contribution < 1.29 is 9.90 Å². The van der Waals surface area contributed by atoms with Gasteiger partial charge in [0, 0.05) is 19.2 Å². The van der Waals surface area contributed by atoms with E-state index in [1.54, 1.807) is 4.68 Å². The molecule has 0 bridgehead atoms. The van der Waals surface area contributed by atoms with Crippen LogP contribution in [0.3, 0.4) is 0 Å². The third-order valence-electron chi connectivity index (χ3n) is 1.69. The van der Waals surface area contributed by atoms with E-state index in [0.29, 0.717) is 6.42 Å².